The van der Waals surface area contributed by atoms with E-state index in [9.17, 15) is 17.2 Å². The van der Waals surface area contributed by atoms with Crippen LogP contribution < -0.4 is 4.31 Å². The number of anilines is 1. The fourth-order valence-corrected chi connectivity index (χ4v) is 1.73. The van der Waals surface area contributed by atoms with Crippen LogP contribution in [0.15, 0.2) is 29.2 Å². The molecule has 1 atom stereocenters. The Morgan fingerprint density at radius 2 is 2.07 bits per heavy atom. The summed E-state index contributed by atoms with van der Waals surface area (Å²) in [6, 6.07) is 4.97. The quantitative estimate of drug-likeness (QED) is 0.609. The molecule has 1 N–H and O–H groups in total. The molecule has 0 aromatic heterocycles. The zero-order valence-corrected chi connectivity index (χ0v) is 9.29. The van der Waals surface area contributed by atoms with Gasteiger partial charge in [-0.05, 0) is 18.2 Å². The van der Waals surface area contributed by atoms with Crippen molar-refractivity contribution in [2.24, 2.45) is 0 Å². The SMILES string of the molecule is CN(c1cccc(S(=O)(=O)O)c1)S(=O)[O-]. The van der Waals surface area contributed by atoms with Gasteiger partial charge in [0.15, 0.2) is 0 Å². The van der Waals surface area contributed by atoms with E-state index in [-0.39, 0.29) is 10.6 Å². The fourth-order valence-electron chi connectivity index (χ4n) is 0.926. The van der Waals surface area contributed by atoms with Crippen molar-refractivity contribution >= 4 is 27.1 Å². The second kappa shape index (κ2) is 4.27. The summed E-state index contributed by atoms with van der Waals surface area (Å²) in [6.07, 6.45) is 0. The standard InChI is InChI=1S/C7H9NO5S2/c1-8(14(9)10)6-3-2-4-7(5-6)15(11,12)13/h2-5H,1H3,(H,9,10)(H,11,12,13)/p-1. The van der Waals surface area contributed by atoms with E-state index in [4.69, 9.17) is 4.55 Å². The van der Waals surface area contributed by atoms with E-state index >= 15 is 0 Å². The highest BCUT2D eigenvalue weighted by atomic mass is 32.2. The molecule has 0 spiro atoms. The van der Waals surface area contributed by atoms with Crippen LogP contribution in [0.1, 0.15) is 0 Å². The van der Waals surface area contributed by atoms with Gasteiger partial charge >= 0.3 is 0 Å². The van der Waals surface area contributed by atoms with E-state index in [1.54, 1.807) is 0 Å². The van der Waals surface area contributed by atoms with Gasteiger partial charge in [-0.25, -0.2) is 0 Å². The van der Waals surface area contributed by atoms with Crippen LogP contribution >= 0.6 is 0 Å². The second-order valence-electron chi connectivity index (χ2n) is 2.69. The molecule has 84 valence electrons. The number of nitrogens with zero attached hydrogens (tertiary/aromatic N) is 1. The third-order valence-electron chi connectivity index (χ3n) is 1.70. The van der Waals surface area contributed by atoms with Crippen LogP contribution in [-0.2, 0) is 21.4 Å². The van der Waals surface area contributed by atoms with Gasteiger partial charge in [0.25, 0.3) is 10.1 Å². The topological polar surface area (TPSA) is 97.7 Å². The zero-order valence-electron chi connectivity index (χ0n) is 7.65. The smallest absolute Gasteiger partial charge is 0.294 e. The van der Waals surface area contributed by atoms with Crippen molar-refractivity contribution in [1.82, 2.24) is 0 Å². The first-order chi connectivity index (χ1) is 6.82. The highest BCUT2D eigenvalue weighted by Gasteiger charge is 2.11. The lowest BCUT2D eigenvalue weighted by molar-refractivity contribution is 0.483. The van der Waals surface area contributed by atoms with Gasteiger partial charge in [-0.2, -0.15) is 8.42 Å². The van der Waals surface area contributed by atoms with E-state index in [1.807, 2.05) is 0 Å². The first kappa shape index (κ1) is 12.1. The molecule has 0 aliphatic heterocycles. The van der Waals surface area contributed by atoms with Gasteiger partial charge in [-0.15, -0.1) is 0 Å². The molecule has 1 aromatic carbocycles. The van der Waals surface area contributed by atoms with Crippen LogP contribution in [0.5, 0.6) is 0 Å². The van der Waals surface area contributed by atoms with Crippen molar-refractivity contribution < 1.29 is 21.7 Å². The summed E-state index contributed by atoms with van der Waals surface area (Å²) in [4.78, 5) is -0.350. The van der Waals surface area contributed by atoms with Crippen LogP contribution in [0, 0.1) is 0 Å². The number of benzene rings is 1. The molecule has 0 fully saturated rings. The molecule has 0 aliphatic rings. The largest absolute Gasteiger partial charge is 0.755 e. The fraction of sp³-hybridized carbons (Fsp3) is 0.143. The average molecular weight is 250 g/mol. The van der Waals surface area contributed by atoms with E-state index in [0.717, 1.165) is 10.4 Å². The van der Waals surface area contributed by atoms with Crippen LogP contribution in [-0.4, -0.2) is 28.8 Å². The van der Waals surface area contributed by atoms with Gasteiger partial charge in [0.1, 0.15) is 0 Å². The van der Waals surface area contributed by atoms with E-state index in [1.165, 1.54) is 25.2 Å². The van der Waals surface area contributed by atoms with Crippen molar-refractivity contribution in [3.05, 3.63) is 24.3 Å². The molecular formula is C7H8NO5S2-. The Morgan fingerprint density at radius 3 is 2.53 bits per heavy atom. The maximum absolute atomic E-state index is 10.8. The minimum Gasteiger partial charge on any atom is -0.755 e. The van der Waals surface area contributed by atoms with Crippen LogP contribution in [0.2, 0.25) is 0 Å². The summed E-state index contributed by atoms with van der Waals surface area (Å²) in [5.41, 5.74) is 0.151. The summed E-state index contributed by atoms with van der Waals surface area (Å²) in [6.45, 7) is 0. The van der Waals surface area contributed by atoms with Gasteiger partial charge in [0.2, 0.25) is 0 Å². The van der Waals surface area contributed by atoms with Crippen molar-refractivity contribution in [3.63, 3.8) is 0 Å². The van der Waals surface area contributed by atoms with Gasteiger partial charge in [0, 0.05) is 24.0 Å². The summed E-state index contributed by atoms with van der Waals surface area (Å²) in [5, 5.41) is 0. The highest BCUT2D eigenvalue weighted by Crippen LogP contribution is 2.18. The normalized spacial score (nSPS) is 13.5. The van der Waals surface area contributed by atoms with Gasteiger partial charge in [-0.3, -0.25) is 8.76 Å². The first-order valence-corrected chi connectivity index (χ1v) is 6.20. The number of hydrogen-bond acceptors (Lipinski definition) is 4. The van der Waals surface area contributed by atoms with Crippen molar-refractivity contribution in [2.75, 3.05) is 11.4 Å². The lowest BCUT2D eigenvalue weighted by atomic mass is 10.3. The molecule has 0 bridgehead atoms. The lowest BCUT2D eigenvalue weighted by Crippen LogP contribution is -2.19. The van der Waals surface area contributed by atoms with E-state index < -0.39 is 21.4 Å². The molecule has 1 unspecified atom stereocenters. The van der Waals surface area contributed by atoms with Gasteiger partial charge in [-0.1, -0.05) is 6.07 Å². The maximum atomic E-state index is 10.8. The molecule has 15 heavy (non-hydrogen) atoms. The van der Waals surface area contributed by atoms with Crippen molar-refractivity contribution in [1.29, 1.82) is 0 Å². The molecule has 1 rings (SSSR count). The third-order valence-corrected chi connectivity index (χ3v) is 3.21. The summed E-state index contributed by atoms with van der Waals surface area (Å²) in [7, 11) is -3.06. The molecule has 0 radical (unpaired) electrons. The average Bonchev–Trinajstić information content (AvgIpc) is 2.15. The molecule has 8 heteroatoms. The molecule has 0 heterocycles. The van der Waals surface area contributed by atoms with Crippen LogP contribution in [0.4, 0.5) is 5.69 Å². The molecular weight excluding hydrogens is 242 g/mol. The summed E-state index contributed by atoms with van der Waals surface area (Å²) in [5.74, 6) is 0. The number of hydrogen-bond donors (Lipinski definition) is 1. The van der Waals surface area contributed by atoms with Gasteiger partial charge in [0.05, 0.1) is 4.90 Å². The summed E-state index contributed by atoms with van der Waals surface area (Å²) >= 11 is -2.49. The maximum Gasteiger partial charge on any atom is 0.294 e. The highest BCUT2D eigenvalue weighted by molar-refractivity contribution is 7.85. The Morgan fingerprint density at radius 1 is 1.47 bits per heavy atom. The molecule has 6 nitrogen and oxygen atoms in total. The Labute approximate surface area is 89.7 Å². The second-order valence-corrected chi connectivity index (χ2v) is 5.09. The Kier molecular flexibility index (Phi) is 3.45. The van der Waals surface area contributed by atoms with Gasteiger partial charge < -0.3 is 8.86 Å². The minimum atomic E-state index is -4.31. The number of rotatable bonds is 3. The zero-order chi connectivity index (χ0) is 11.6. The first-order valence-electron chi connectivity index (χ1n) is 3.73. The molecule has 0 aliphatic carbocycles. The van der Waals surface area contributed by atoms with Crippen molar-refractivity contribution in [3.8, 4) is 0 Å². The lowest BCUT2D eigenvalue weighted by Gasteiger charge is -2.21. The molecule has 0 amide bonds. The molecule has 1 aromatic rings. The Balaban J connectivity index is 3.20. The van der Waals surface area contributed by atoms with Crippen LogP contribution in [0.3, 0.4) is 0 Å². The minimum absolute atomic E-state index is 0.151. The van der Waals surface area contributed by atoms with E-state index in [2.05, 4.69) is 0 Å². The molecule has 0 saturated carbocycles. The monoisotopic (exact) mass is 250 g/mol. The Hall–Kier alpha value is -0.960. The van der Waals surface area contributed by atoms with Crippen LogP contribution in [0.25, 0.3) is 0 Å². The van der Waals surface area contributed by atoms with Crippen molar-refractivity contribution in [2.45, 2.75) is 4.90 Å². The predicted molar refractivity (Wildman–Crippen MR) is 53.6 cm³/mol. The Bertz CT molecular complexity index is 484. The molecule has 0 saturated heterocycles. The summed E-state index contributed by atoms with van der Waals surface area (Å²) < 4.78 is 52.2. The van der Waals surface area contributed by atoms with E-state index in [0.29, 0.717) is 0 Å². The third kappa shape index (κ3) is 2.99. The predicted octanol–water partition coefficient (Wildman–Crippen LogP) is 0.164.